The maximum atomic E-state index is 12.2. The molecule has 5 nitrogen and oxygen atoms in total. The summed E-state index contributed by atoms with van der Waals surface area (Å²) < 4.78 is 0.890. The first-order valence-corrected chi connectivity index (χ1v) is 8.60. The Morgan fingerprint density at radius 3 is 2.91 bits per heavy atom. The number of carbonyl (C=O) groups excluding carboxylic acids is 1. The van der Waals surface area contributed by atoms with Crippen LogP contribution in [0.25, 0.3) is 0 Å². The molecule has 0 radical (unpaired) electrons. The van der Waals surface area contributed by atoms with Gasteiger partial charge in [-0.2, -0.15) is 0 Å². The van der Waals surface area contributed by atoms with Gasteiger partial charge in [-0.25, -0.2) is 9.97 Å². The predicted octanol–water partition coefficient (Wildman–Crippen LogP) is 3.03. The lowest BCUT2D eigenvalue weighted by Crippen LogP contribution is -2.47. The van der Waals surface area contributed by atoms with Crippen molar-refractivity contribution in [2.75, 3.05) is 18.0 Å². The molecule has 120 valence electrons. The van der Waals surface area contributed by atoms with E-state index < -0.39 is 0 Å². The van der Waals surface area contributed by atoms with Crippen LogP contribution in [0.15, 0.2) is 47.3 Å². The molecule has 0 aliphatic carbocycles. The molecule has 1 aliphatic heterocycles. The summed E-state index contributed by atoms with van der Waals surface area (Å²) in [4.78, 5) is 22.9. The third kappa shape index (κ3) is 3.88. The zero-order valence-corrected chi connectivity index (χ0v) is 14.4. The van der Waals surface area contributed by atoms with Crippen LogP contribution in [0.5, 0.6) is 0 Å². The summed E-state index contributed by atoms with van der Waals surface area (Å²) in [6, 6.07) is 9.57. The lowest BCUT2D eigenvalue weighted by atomic mass is 10.0. The molecule has 1 saturated heterocycles. The molecule has 2 aromatic rings. The van der Waals surface area contributed by atoms with Crippen LogP contribution < -0.4 is 10.2 Å². The average molecular weight is 375 g/mol. The van der Waals surface area contributed by atoms with Crippen molar-refractivity contribution in [3.63, 3.8) is 0 Å². The van der Waals surface area contributed by atoms with E-state index >= 15 is 0 Å². The van der Waals surface area contributed by atoms with Gasteiger partial charge in [0.2, 0.25) is 0 Å². The van der Waals surface area contributed by atoms with E-state index in [2.05, 4.69) is 36.1 Å². The van der Waals surface area contributed by atoms with Crippen LogP contribution in [0, 0.1) is 0 Å². The van der Waals surface area contributed by atoms with Crippen LogP contribution in [-0.2, 0) is 0 Å². The van der Waals surface area contributed by atoms with E-state index in [1.54, 1.807) is 12.5 Å². The largest absolute Gasteiger partial charge is 0.351 e. The van der Waals surface area contributed by atoms with Crippen LogP contribution in [-0.4, -0.2) is 35.0 Å². The van der Waals surface area contributed by atoms with Crippen molar-refractivity contribution in [1.82, 2.24) is 15.3 Å². The normalized spacial score (nSPS) is 17.8. The van der Waals surface area contributed by atoms with Gasteiger partial charge in [-0.1, -0.05) is 18.2 Å². The third-order valence-electron chi connectivity index (χ3n) is 4.08. The monoisotopic (exact) mass is 374 g/mol. The lowest BCUT2D eigenvalue weighted by Gasteiger charge is -2.37. The highest BCUT2D eigenvalue weighted by atomic mass is 79.9. The molecule has 0 saturated carbocycles. The summed E-state index contributed by atoms with van der Waals surface area (Å²) in [6.45, 7) is 1.56. The average Bonchev–Trinajstić information content (AvgIpc) is 2.61. The molecule has 3 rings (SSSR count). The molecular weight excluding hydrogens is 356 g/mol. The topological polar surface area (TPSA) is 58.1 Å². The smallest absolute Gasteiger partial charge is 0.251 e. The standard InChI is InChI=1S/C17H19BrN4O/c18-15-11-19-12-21-16(15)22-9-5-4-8-14(22)10-20-17(23)13-6-2-1-3-7-13/h1-3,6-7,11-12,14H,4-5,8-10H2,(H,20,23)/t14-/m1/s1. The number of piperidine rings is 1. The molecular formula is C17H19BrN4O. The second-order valence-electron chi connectivity index (χ2n) is 5.61. The van der Waals surface area contributed by atoms with Gasteiger partial charge in [0, 0.05) is 30.9 Å². The maximum Gasteiger partial charge on any atom is 0.251 e. The summed E-state index contributed by atoms with van der Waals surface area (Å²) >= 11 is 3.52. The van der Waals surface area contributed by atoms with Crippen molar-refractivity contribution in [1.29, 1.82) is 0 Å². The van der Waals surface area contributed by atoms with E-state index in [1.165, 1.54) is 6.42 Å². The highest BCUT2D eigenvalue weighted by molar-refractivity contribution is 9.10. The van der Waals surface area contributed by atoms with Crippen LogP contribution in [0.2, 0.25) is 0 Å². The molecule has 1 amide bonds. The van der Waals surface area contributed by atoms with Crippen molar-refractivity contribution in [2.45, 2.75) is 25.3 Å². The molecule has 23 heavy (non-hydrogen) atoms. The number of rotatable bonds is 4. The minimum absolute atomic E-state index is 0.0297. The summed E-state index contributed by atoms with van der Waals surface area (Å²) in [7, 11) is 0. The van der Waals surface area contributed by atoms with Gasteiger partial charge in [-0.15, -0.1) is 0 Å². The van der Waals surface area contributed by atoms with E-state index in [-0.39, 0.29) is 11.9 Å². The number of hydrogen-bond acceptors (Lipinski definition) is 4. The van der Waals surface area contributed by atoms with Gasteiger partial charge in [0.25, 0.3) is 5.91 Å². The van der Waals surface area contributed by atoms with E-state index in [1.807, 2.05) is 30.3 Å². The number of carbonyl (C=O) groups is 1. The Hall–Kier alpha value is -1.95. The number of benzene rings is 1. The molecule has 1 aromatic carbocycles. The Labute approximate surface area is 144 Å². The molecule has 0 bridgehead atoms. The van der Waals surface area contributed by atoms with Gasteiger partial charge in [0.15, 0.2) is 0 Å². The number of nitrogens with one attached hydrogen (secondary N) is 1. The molecule has 0 spiro atoms. The maximum absolute atomic E-state index is 12.2. The predicted molar refractivity (Wildman–Crippen MR) is 93.5 cm³/mol. The summed E-state index contributed by atoms with van der Waals surface area (Å²) in [6.07, 6.45) is 6.68. The van der Waals surface area contributed by atoms with Crippen LogP contribution in [0.3, 0.4) is 0 Å². The Morgan fingerprint density at radius 2 is 2.13 bits per heavy atom. The number of nitrogens with zero attached hydrogens (tertiary/aromatic N) is 3. The van der Waals surface area contributed by atoms with Crippen LogP contribution in [0.1, 0.15) is 29.6 Å². The van der Waals surface area contributed by atoms with E-state index in [4.69, 9.17) is 0 Å². The second kappa shape index (κ2) is 7.55. The number of amides is 1. The lowest BCUT2D eigenvalue weighted by molar-refractivity contribution is 0.0949. The Balaban J connectivity index is 1.68. The SMILES string of the molecule is O=C(NC[C@H]1CCCCN1c1ncncc1Br)c1ccccc1. The number of halogens is 1. The number of hydrogen-bond donors (Lipinski definition) is 1. The zero-order chi connectivity index (χ0) is 16.1. The van der Waals surface area contributed by atoms with Gasteiger partial charge in [0.05, 0.1) is 4.47 Å². The van der Waals surface area contributed by atoms with E-state index in [0.717, 1.165) is 29.7 Å². The number of aromatic nitrogens is 2. The number of anilines is 1. The molecule has 0 unspecified atom stereocenters. The summed E-state index contributed by atoms with van der Waals surface area (Å²) in [5.41, 5.74) is 0.693. The minimum atomic E-state index is -0.0297. The van der Waals surface area contributed by atoms with Crippen molar-refractivity contribution in [2.24, 2.45) is 0 Å². The van der Waals surface area contributed by atoms with Gasteiger partial charge >= 0.3 is 0 Å². The zero-order valence-electron chi connectivity index (χ0n) is 12.8. The molecule has 2 heterocycles. The van der Waals surface area contributed by atoms with Crippen molar-refractivity contribution in [3.8, 4) is 0 Å². The quantitative estimate of drug-likeness (QED) is 0.893. The fourth-order valence-corrected chi connectivity index (χ4v) is 3.36. The van der Waals surface area contributed by atoms with Crippen molar-refractivity contribution >= 4 is 27.7 Å². The Kier molecular flexibility index (Phi) is 5.23. The Morgan fingerprint density at radius 1 is 1.30 bits per heavy atom. The molecule has 6 heteroatoms. The van der Waals surface area contributed by atoms with Crippen LogP contribution in [0.4, 0.5) is 5.82 Å². The highest BCUT2D eigenvalue weighted by Gasteiger charge is 2.25. The second-order valence-corrected chi connectivity index (χ2v) is 6.47. The molecule has 1 N–H and O–H groups in total. The third-order valence-corrected chi connectivity index (χ3v) is 4.64. The first-order chi connectivity index (χ1) is 11.3. The first-order valence-electron chi connectivity index (χ1n) is 7.81. The molecule has 1 fully saturated rings. The molecule has 1 aromatic heterocycles. The molecule has 1 atom stereocenters. The Bertz CT molecular complexity index is 665. The van der Waals surface area contributed by atoms with E-state index in [0.29, 0.717) is 12.1 Å². The van der Waals surface area contributed by atoms with Crippen LogP contribution >= 0.6 is 15.9 Å². The summed E-state index contributed by atoms with van der Waals surface area (Å²) in [5, 5.41) is 3.05. The van der Waals surface area contributed by atoms with Gasteiger partial charge in [0.1, 0.15) is 12.1 Å². The fraction of sp³-hybridized carbons (Fsp3) is 0.353. The fourth-order valence-electron chi connectivity index (χ4n) is 2.91. The van der Waals surface area contributed by atoms with Crippen molar-refractivity contribution in [3.05, 3.63) is 52.9 Å². The van der Waals surface area contributed by atoms with Crippen molar-refractivity contribution < 1.29 is 4.79 Å². The van der Waals surface area contributed by atoms with Gasteiger partial charge in [-0.05, 0) is 47.3 Å². The highest BCUT2D eigenvalue weighted by Crippen LogP contribution is 2.28. The minimum Gasteiger partial charge on any atom is -0.351 e. The molecule has 1 aliphatic rings. The van der Waals surface area contributed by atoms with Gasteiger partial charge < -0.3 is 10.2 Å². The summed E-state index contributed by atoms with van der Waals surface area (Å²) in [5.74, 6) is 0.872. The first kappa shape index (κ1) is 15.9. The van der Waals surface area contributed by atoms with E-state index in [9.17, 15) is 4.79 Å². The van der Waals surface area contributed by atoms with Gasteiger partial charge in [-0.3, -0.25) is 4.79 Å².